The van der Waals surface area contributed by atoms with E-state index in [0.717, 1.165) is 6.92 Å². The van der Waals surface area contributed by atoms with Crippen LogP contribution >= 0.6 is 0 Å². The van der Waals surface area contributed by atoms with Crippen molar-refractivity contribution in [1.29, 1.82) is 0 Å². The van der Waals surface area contributed by atoms with Gasteiger partial charge in [-0.1, -0.05) is 34.9 Å². The lowest BCUT2D eigenvalue weighted by Crippen LogP contribution is -1.78. The molecule has 1 rings (SSSR count). The summed E-state index contributed by atoms with van der Waals surface area (Å²) in [5.74, 6) is -0.833. The zero-order valence-electron chi connectivity index (χ0n) is 8.59. The van der Waals surface area contributed by atoms with Crippen LogP contribution in [0.1, 0.15) is 23.6 Å². The molecule has 1 N–H and O–H groups in total. The quantitative estimate of drug-likeness (QED) is 0.666. The zero-order valence-corrected chi connectivity index (χ0v) is 8.59. The maximum Gasteiger partial charge on any atom is 0.300 e. The minimum Gasteiger partial charge on any atom is -0.481 e. The monoisotopic (exact) mass is 180 g/mol. The molecule has 0 aromatic heterocycles. The van der Waals surface area contributed by atoms with E-state index >= 15 is 0 Å². The van der Waals surface area contributed by atoms with Gasteiger partial charge < -0.3 is 5.11 Å². The molecule has 1 aromatic carbocycles. The molecule has 0 fully saturated rings. The van der Waals surface area contributed by atoms with E-state index in [9.17, 15) is 0 Å². The molecule has 0 saturated carbocycles. The van der Waals surface area contributed by atoms with Gasteiger partial charge in [-0.05, 0) is 20.8 Å². The number of hydrogen-bond acceptors (Lipinski definition) is 1. The van der Waals surface area contributed by atoms with Crippen LogP contribution in [0.15, 0.2) is 18.2 Å². The molecule has 0 spiro atoms. The van der Waals surface area contributed by atoms with Gasteiger partial charge in [-0.3, -0.25) is 4.79 Å². The Morgan fingerprint density at radius 1 is 1.00 bits per heavy atom. The normalized spacial score (nSPS) is 8.62. The molecule has 2 nitrogen and oxygen atoms in total. The highest BCUT2D eigenvalue weighted by Crippen LogP contribution is 2.06. The van der Waals surface area contributed by atoms with Gasteiger partial charge in [0.05, 0.1) is 0 Å². The third-order valence-corrected chi connectivity index (χ3v) is 1.37. The standard InChI is InChI=1S/C9H12.C2H4O2/c1-7-4-8(2)6-9(3)5-7;1-2(3)4/h4-6H,1-3H3;1H3,(H,3,4). The van der Waals surface area contributed by atoms with E-state index < -0.39 is 5.97 Å². The summed E-state index contributed by atoms with van der Waals surface area (Å²) in [6.07, 6.45) is 0. The molecule has 0 amide bonds. The van der Waals surface area contributed by atoms with Crippen LogP contribution in [0.25, 0.3) is 0 Å². The number of rotatable bonds is 0. The first kappa shape index (κ1) is 11.7. The third kappa shape index (κ3) is 7.06. The van der Waals surface area contributed by atoms with Crippen molar-refractivity contribution in [1.82, 2.24) is 0 Å². The molecule has 2 heteroatoms. The number of benzene rings is 1. The summed E-state index contributed by atoms with van der Waals surface area (Å²) >= 11 is 0. The van der Waals surface area contributed by atoms with Gasteiger partial charge in [0.1, 0.15) is 0 Å². The van der Waals surface area contributed by atoms with Gasteiger partial charge in [0.25, 0.3) is 5.97 Å². The van der Waals surface area contributed by atoms with Crippen LogP contribution in [0.5, 0.6) is 0 Å². The molecular weight excluding hydrogens is 164 g/mol. The van der Waals surface area contributed by atoms with Crippen LogP contribution in [-0.4, -0.2) is 11.1 Å². The lowest BCUT2D eigenvalue weighted by atomic mass is 10.1. The predicted octanol–water partition coefficient (Wildman–Crippen LogP) is 2.70. The molecule has 0 aliphatic rings. The molecular formula is C11H16O2. The SMILES string of the molecule is CC(=O)O.Cc1cc(C)cc(C)c1. The van der Waals surface area contributed by atoms with Crippen LogP contribution in [0, 0.1) is 20.8 Å². The predicted molar refractivity (Wildman–Crippen MR) is 54.0 cm³/mol. The van der Waals surface area contributed by atoms with Gasteiger partial charge in [0.2, 0.25) is 0 Å². The van der Waals surface area contributed by atoms with Crippen LogP contribution < -0.4 is 0 Å². The molecule has 0 heterocycles. The average Bonchev–Trinajstić information content (AvgIpc) is 1.80. The highest BCUT2D eigenvalue weighted by Gasteiger charge is 1.87. The number of carboxylic acids is 1. The molecule has 0 atom stereocenters. The number of hydrogen-bond donors (Lipinski definition) is 1. The van der Waals surface area contributed by atoms with Crippen LogP contribution in [-0.2, 0) is 4.79 Å². The second-order valence-electron chi connectivity index (χ2n) is 3.18. The van der Waals surface area contributed by atoms with E-state index in [1.165, 1.54) is 16.7 Å². The Morgan fingerprint density at radius 2 is 1.15 bits per heavy atom. The van der Waals surface area contributed by atoms with E-state index in [1.807, 2.05) is 0 Å². The van der Waals surface area contributed by atoms with Crippen LogP contribution in [0.2, 0.25) is 0 Å². The summed E-state index contributed by atoms with van der Waals surface area (Å²) in [4.78, 5) is 9.00. The molecule has 0 aliphatic heterocycles. The summed E-state index contributed by atoms with van der Waals surface area (Å²) in [6, 6.07) is 6.56. The zero-order chi connectivity index (χ0) is 10.4. The first-order valence-electron chi connectivity index (χ1n) is 4.16. The van der Waals surface area contributed by atoms with Gasteiger partial charge in [-0.2, -0.15) is 0 Å². The van der Waals surface area contributed by atoms with E-state index in [-0.39, 0.29) is 0 Å². The Hall–Kier alpha value is -1.31. The average molecular weight is 180 g/mol. The summed E-state index contributed by atoms with van der Waals surface area (Å²) in [5, 5.41) is 7.42. The number of aryl methyl sites for hydroxylation is 3. The van der Waals surface area contributed by atoms with Crippen molar-refractivity contribution in [3.63, 3.8) is 0 Å². The maximum absolute atomic E-state index is 9.00. The van der Waals surface area contributed by atoms with Crippen molar-refractivity contribution in [2.75, 3.05) is 0 Å². The van der Waals surface area contributed by atoms with Gasteiger partial charge in [0.15, 0.2) is 0 Å². The van der Waals surface area contributed by atoms with Crippen molar-refractivity contribution >= 4 is 5.97 Å². The second-order valence-corrected chi connectivity index (χ2v) is 3.18. The highest BCUT2D eigenvalue weighted by atomic mass is 16.4. The van der Waals surface area contributed by atoms with Crippen molar-refractivity contribution in [2.45, 2.75) is 27.7 Å². The molecule has 0 unspecified atom stereocenters. The first-order chi connectivity index (χ1) is 5.91. The molecule has 13 heavy (non-hydrogen) atoms. The first-order valence-corrected chi connectivity index (χ1v) is 4.16. The fourth-order valence-corrected chi connectivity index (χ4v) is 1.20. The second kappa shape index (κ2) is 5.36. The Bertz CT molecular complexity index is 236. The molecule has 0 aliphatic carbocycles. The maximum atomic E-state index is 9.00. The Labute approximate surface area is 79.2 Å². The number of aliphatic carboxylic acids is 1. The molecule has 72 valence electrons. The van der Waals surface area contributed by atoms with E-state index in [4.69, 9.17) is 9.90 Å². The van der Waals surface area contributed by atoms with Crippen molar-refractivity contribution < 1.29 is 9.90 Å². The fraction of sp³-hybridized carbons (Fsp3) is 0.364. The summed E-state index contributed by atoms with van der Waals surface area (Å²) < 4.78 is 0. The molecule has 0 radical (unpaired) electrons. The lowest BCUT2D eigenvalue weighted by molar-refractivity contribution is -0.134. The van der Waals surface area contributed by atoms with Crippen LogP contribution in [0.3, 0.4) is 0 Å². The van der Waals surface area contributed by atoms with Crippen molar-refractivity contribution in [2.24, 2.45) is 0 Å². The van der Waals surface area contributed by atoms with Gasteiger partial charge in [0, 0.05) is 6.92 Å². The lowest BCUT2D eigenvalue weighted by Gasteiger charge is -1.96. The Morgan fingerprint density at radius 3 is 1.31 bits per heavy atom. The van der Waals surface area contributed by atoms with E-state index in [2.05, 4.69) is 39.0 Å². The van der Waals surface area contributed by atoms with Gasteiger partial charge in [-0.15, -0.1) is 0 Å². The summed E-state index contributed by atoms with van der Waals surface area (Å²) in [6.45, 7) is 7.46. The Kier molecular flexibility index (Phi) is 4.82. The van der Waals surface area contributed by atoms with E-state index in [0.29, 0.717) is 0 Å². The Balaban J connectivity index is 0.000000310. The largest absolute Gasteiger partial charge is 0.481 e. The van der Waals surface area contributed by atoms with Crippen molar-refractivity contribution in [3.05, 3.63) is 34.9 Å². The van der Waals surface area contributed by atoms with Gasteiger partial charge >= 0.3 is 0 Å². The fourth-order valence-electron chi connectivity index (χ4n) is 1.20. The summed E-state index contributed by atoms with van der Waals surface area (Å²) in [7, 11) is 0. The minimum atomic E-state index is -0.833. The van der Waals surface area contributed by atoms with E-state index in [1.54, 1.807) is 0 Å². The minimum absolute atomic E-state index is 0.833. The van der Waals surface area contributed by atoms with Crippen molar-refractivity contribution in [3.8, 4) is 0 Å². The summed E-state index contributed by atoms with van der Waals surface area (Å²) in [5.41, 5.74) is 4.06. The molecule has 0 saturated heterocycles. The topological polar surface area (TPSA) is 37.3 Å². The molecule has 1 aromatic rings. The van der Waals surface area contributed by atoms with Gasteiger partial charge in [-0.25, -0.2) is 0 Å². The highest BCUT2D eigenvalue weighted by molar-refractivity contribution is 5.62. The third-order valence-electron chi connectivity index (χ3n) is 1.37. The number of carboxylic acid groups (broad SMARTS) is 1. The molecule has 0 bridgehead atoms. The van der Waals surface area contributed by atoms with Crippen LogP contribution in [0.4, 0.5) is 0 Å². The number of carbonyl (C=O) groups is 1. The smallest absolute Gasteiger partial charge is 0.300 e.